The van der Waals surface area contributed by atoms with E-state index in [9.17, 15) is 14.4 Å². The van der Waals surface area contributed by atoms with E-state index in [0.717, 1.165) is 64.2 Å². The molecule has 0 fully saturated rings. The van der Waals surface area contributed by atoms with Crippen molar-refractivity contribution in [2.45, 2.75) is 290 Å². The molecule has 0 radical (unpaired) electrons. The number of unbranched alkanes of at least 4 members (excludes halogenated alkanes) is 35. The molecule has 0 rings (SSSR count). The predicted octanol–water partition coefficient (Wildman–Crippen LogP) is 15.5. The summed E-state index contributed by atoms with van der Waals surface area (Å²) in [5.74, 6) is -1.21. The molecule has 6 heteroatoms. The summed E-state index contributed by atoms with van der Waals surface area (Å²) in [5.41, 5.74) is 0. The van der Waals surface area contributed by atoms with Crippen LogP contribution >= 0.6 is 0 Å². The fraction of sp³-hybridized carbons (Fsp3) is 0.939. The van der Waals surface area contributed by atoms with Crippen molar-refractivity contribution in [3.8, 4) is 0 Å². The molecule has 0 saturated carbocycles. The average Bonchev–Trinajstić information content (AvgIpc) is 3.17. The van der Waals surface area contributed by atoms with Gasteiger partial charge in [-0.25, -0.2) is 0 Å². The zero-order valence-electron chi connectivity index (χ0n) is 37.1. The molecule has 1 amide bonds. The maximum Gasteiger partial charge on any atom is 0.322 e. The quantitative estimate of drug-likeness (QED) is 0.0474. The van der Waals surface area contributed by atoms with Crippen LogP contribution in [-0.2, 0) is 19.1 Å². The highest BCUT2D eigenvalue weighted by Gasteiger charge is 2.14. The summed E-state index contributed by atoms with van der Waals surface area (Å²) in [5, 5.41) is 11.1. The molecule has 0 aliphatic heterocycles. The van der Waals surface area contributed by atoms with Crippen molar-refractivity contribution < 1.29 is 24.2 Å². The molecule has 1 unspecified atom stereocenters. The molecule has 0 saturated heterocycles. The molecule has 0 spiro atoms. The molecule has 0 bridgehead atoms. The van der Waals surface area contributed by atoms with Crippen LogP contribution in [-0.4, -0.2) is 35.6 Å². The van der Waals surface area contributed by atoms with Gasteiger partial charge in [0, 0.05) is 12.8 Å². The van der Waals surface area contributed by atoms with Gasteiger partial charge in [0.1, 0.15) is 12.6 Å². The predicted molar refractivity (Wildman–Crippen MR) is 236 cm³/mol. The molecule has 0 aliphatic carbocycles. The fourth-order valence-electron chi connectivity index (χ4n) is 7.87. The Labute approximate surface area is 342 Å². The van der Waals surface area contributed by atoms with E-state index in [-0.39, 0.29) is 24.5 Å². The van der Waals surface area contributed by atoms with Crippen LogP contribution < -0.4 is 5.32 Å². The van der Waals surface area contributed by atoms with Gasteiger partial charge in [0.05, 0.1) is 0 Å². The first-order chi connectivity index (χ1) is 27.0. The Bertz CT molecular complexity index is 817. The van der Waals surface area contributed by atoms with Gasteiger partial charge in [-0.15, -0.1) is 0 Å². The summed E-state index contributed by atoms with van der Waals surface area (Å²) in [6.45, 7) is 4.26. The number of nitrogens with one attached hydrogen (secondary N) is 1. The summed E-state index contributed by atoms with van der Waals surface area (Å²) in [4.78, 5) is 35.1. The minimum Gasteiger partial charge on any atom is -0.480 e. The van der Waals surface area contributed by atoms with Gasteiger partial charge in [0.2, 0.25) is 5.91 Å². The van der Waals surface area contributed by atoms with Gasteiger partial charge < -0.3 is 15.2 Å². The number of ether oxygens (including phenoxy) is 1. The summed E-state index contributed by atoms with van der Waals surface area (Å²) in [6.07, 6.45) is 52.5. The Morgan fingerprint density at radius 2 is 0.673 bits per heavy atom. The van der Waals surface area contributed by atoms with Gasteiger partial charge in [0.25, 0.3) is 0 Å². The number of hydrogen-bond donors (Lipinski definition) is 2. The molecule has 2 N–H and O–H groups in total. The zero-order valence-corrected chi connectivity index (χ0v) is 37.1. The maximum absolute atomic E-state index is 12.8. The molecule has 0 aromatic carbocycles. The van der Waals surface area contributed by atoms with Crippen molar-refractivity contribution in [3.63, 3.8) is 0 Å². The Hall–Kier alpha value is -1.59. The van der Waals surface area contributed by atoms with E-state index in [4.69, 9.17) is 9.84 Å². The molecule has 6 nitrogen and oxygen atoms in total. The van der Waals surface area contributed by atoms with Crippen LogP contribution in [0.3, 0.4) is 0 Å². The highest BCUT2D eigenvalue weighted by Crippen LogP contribution is 2.20. The van der Waals surface area contributed by atoms with Gasteiger partial charge in [-0.3, -0.25) is 14.4 Å². The SMILES string of the molecule is CCCCCCCCCCCCCCCCCCCCCCCCC(=O)OC(CCCCCCCCCCCCC)CCCCCCCC(=O)NCC(=O)O. The van der Waals surface area contributed by atoms with Crippen molar-refractivity contribution in [2.24, 2.45) is 0 Å². The number of hydrogen-bond acceptors (Lipinski definition) is 4. The normalized spacial score (nSPS) is 11.9. The van der Waals surface area contributed by atoms with Crippen LogP contribution in [0.25, 0.3) is 0 Å². The number of carbonyl (C=O) groups is 3. The lowest BCUT2D eigenvalue weighted by molar-refractivity contribution is -0.150. The molecule has 0 aliphatic rings. The fourth-order valence-corrected chi connectivity index (χ4v) is 7.87. The maximum atomic E-state index is 12.8. The van der Waals surface area contributed by atoms with E-state index < -0.39 is 5.97 Å². The Morgan fingerprint density at radius 1 is 0.400 bits per heavy atom. The lowest BCUT2D eigenvalue weighted by Gasteiger charge is -2.18. The third-order valence-corrected chi connectivity index (χ3v) is 11.5. The van der Waals surface area contributed by atoms with Crippen molar-refractivity contribution in [1.29, 1.82) is 0 Å². The van der Waals surface area contributed by atoms with Crippen molar-refractivity contribution in [3.05, 3.63) is 0 Å². The van der Waals surface area contributed by atoms with E-state index >= 15 is 0 Å². The smallest absolute Gasteiger partial charge is 0.322 e. The van der Waals surface area contributed by atoms with Gasteiger partial charge in [-0.2, -0.15) is 0 Å². The van der Waals surface area contributed by atoms with E-state index in [1.165, 1.54) is 193 Å². The number of aliphatic carboxylic acids is 1. The number of carboxylic acid groups (broad SMARTS) is 1. The summed E-state index contributed by atoms with van der Waals surface area (Å²) in [6, 6.07) is 0. The van der Waals surface area contributed by atoms with Gasteiger partial charge >= 0.3 is 11.9 Å². The Morgan fingerprint density at radius 3 is 0.982 bits per heavy atom. The first kappa shape index (κ1) is 53.4. The molecule has 0 aromatic rings. The number of carboxylic acids is 1. The first-order valence-electron chi connectivity index (χ1n) is 24.7. The molecule has 55 heavy (non-hydrogen) atoms. The average molecular weight is 778 g/mol. The van der Waals surface area contributed by atoms with Gasteiger partial charge in [-0.1, -0.05) is 232 Å². The molecular formula is C49H95NO5. The third kappa shape index (κ3) is 45.0. The monoisotopic (exact) mass is 778 g/mol. The molecule has 0 aromatic heterocycles. The minimum absolute atomic E-state index is 0.00591. The minimum atomic E-state index is -1.01. The van der Waals surface area contributed by atoms with E-state index in [0.29, 0.717) is 12.8 Å². The first-order valence-corrected chi connectivity index (χ1v) is 24.7. The second-order valence-corrected chi connectivity index (χ2v) is 17.1. The summed E-state index contributed by atoms with van der Waals surface area (Å²) in [7, 11) is 0. The zero-order chi connectivity index (χ0) is 40.1. The lowest BCUT2D eigenvalue weighted by Crippen LogP contribution is -2.28. The third-order valence-electron chi connectivity index (χ3n) is 11.5. The standard InChI is InChI=1S/C49H95NO5/c1-3-5-7-9-11-13-15-16-17-18-19-20-21-22-23-24-25-27-29-31-36-40-44-49(54)55-46(41-37-33-30-28-26-14-12-10-8-6-4-2)42-38-34-32-35-39-43-47(51)50-45-48(52)53/h46H,3-45H2,1-2H3,(H,50,51)(H,52,53). The Balaban J connectivity index is 3.95. The van der Waals surface area contributed by atoms with Crippen LogP contribution in [0.4, 0.5) is 0 Å². The molecular weight excluding hydrogens is 683 g/mol. The van der Waals surface area contributed by atoms with Gasteiger partial charge in [0.15, 0.2) is 0 Å². The number of carbonyl (C=O) groups excluding carboxylic acids is 2. The van der Waals surface area contributed by atoms with Crippen molar-refractivity contribution in [1.82, 2.24) is 5.32 Å². The number of esters is 1. The Kier molecular flexibility index (Phi) is 43.8. The van der Waals surface area contributed by atoms with Crippen LogP contribution in [0, 0.1) is 0 Å². The largest absolute Gasteiger partial charge is 0.480 e. The highest BCUT2D eigenvalue weighted by molar-refractivity contribution is 5.80. The van der Waals surface area contributed by atoms with Crippen LogP contribution in [0.2, 0.25) is 0 Å². The van der Waals surface area contributed by atoms with E-state index in [1.807, 2.05) is 0 Å². The second kappa shape index (κ2) is 45.1. The molecule has 0 heterocycles. The van der Waals surface area contributed by atoms with Crippen LogP contribution in [0.1, 0.15) is 284 Å². The second-order valence-electron chi connectivity index (χ2n) is 17.1. The van der Waals surface area contributed by atoms with E-state index in [1.54, 1.807) is 0 Å². The molecule has 326 valence electrons. The van der Waals surface area contributed by atoms with Crippen molar-refractivity contribution >= 4 is 17.8 Å². The number of rotatable bonds is 46. The van der Waals surface area contributed by atoms with E-state index in [2.05, 4.69) is 19.2 Å². The summed E-state index contributed by atoms with van der Waals surface area (Å²) >= 11 is 0. The van der Waals surface area contributed by atoms with Crippen LogP contribution in [0.5, 0.6) is 0 Å². The lowest BCUT2D eigenvalue weighted by atomic mass is 10.0. The van der Waals surface area contributed by atoms with Crippen molar-refractivity contribution in [2.75, 3.05) is 6.54 Å². The molecule has 1 atom stereocenters. The van der Waals surface area contributed by atoms with Crippen LogP contribution in [0.15, 0.2) is 0 Å². The number of amides is 1. The topological polar surface area (TPSA) is 92.7 Å². The summed E-state index contributed by atoms with van der Waals surface area (Å²) < 4.78 is 6.05. The van der Waals surface area contributed by atoms with Gasteiger partial charge in [-0.05, 0) is 38.5 Å². The highest BCUT2D eigenvalue weighted by atomic mass is 16.5.